The average molecular weight is 615 g/mol. The van der Waals surface area contributed by atoms with Gasteiger partial charge in [0.1, 0.15) is 21.9 Å². The first-order valence-corrected chi connectivity index (χ1v) is 16.1. The van der Waals surface area contributed by atoms with Gasteiger partial charge in [-0.15, -0.1) is 11.3 Å². The maximum Gasteiger partial charge on any atom is 0.270 e. The van der Waals surface area contributed by atoms with Crippen molar-refractivity contribution in [1.82, 2.24) is 24.4 Å². The zero-order chi connectivity index (χ0) is 30.5. The number of amides is 1. The Labute approximate surface area is 257 Å². The number of hydrogen-bond donors (Lipinski definition) is 2. The van der Waals surface area contributed by atoms with Crippen molar-refractivity contribution in [3.05, 3.63) is 73.5 Å². The molecule has 2 fully saturated rings. The third-order valence-electron chi connectivity index (χ3n) is 8.93. The van der Waals surface area contributed by atoms with Crippen molar-refractivity contribution in [3.63, 3.8) is 0 Å². The number of thiophene rings is 1. The first-order valence-electron chi connectivity index (χ1n) is 15.2. The van der Waals surface area contributed by atoms with Crippen LogP contribution in [0.1, 0.15) is 53.6 Å². The highest BCUT2D eigenvalue weighted by Gasteiger charge is 2.27. The topological polar surface area (TPSA) is 122 Å². The van der Waals surface area contributed by atoms with E-state index in [1.807, 2.05) is 17.5 Å². The molecule has 1 saturated heterocycles. The minimum atomic E-state index is -0.249. The molecule has 1 aliphatic heterocycles. The maximum atomic E-state index is 13.3. The van der Waals surface area contributed by atoms with E-state index in [1.54, 1.807) is 37.3 Å². The van der Waals surface area contributed by atoms with Gasteiger partial charge in [-0.25, -0.2) is 9.97 Å². The second kappa shape index (κ2) is 11.3. The molecule has 1 aliphatic carbocycles. The number of hydrogen-bond acceptors (Lipinski definition) is 8. The lowest BCUT2D eigenvalue weighted by molar-refractivity contribution is -0.880. The van der Waals surface area contributed by atoms with Gasteiger partial charge >= 0.3 is 0 Å². The number of rotatable bonds is 6. The van der Waals surface area contributed by atoms with Crippen LogP contribution in [-0.2, 0) is 6.42 Å². The number of fused-ring (bicyclic) bond motifs is 2. The van der Waals surface area contributed by atoms with Crippen LogP contribution in [0.3, 0.4) is 0 Å². The van der Waals surface area contributed by atoms with Crippen LogP contribution in [0.2, 0.25) is 0 Å². The standard InChI is InChI=1S/C32H35N7O4S/c1-36(2)32(42)24-14-20-17-33-26(35-30(20)39(24)21-6-4-5-7-21)15-19-8-9-23(34-31(19)41)22-18-44-29-25(40)16-27(43-28(22)29)38-12-10-37(3)11-13-38/h8-9,14,16-18,21H,4-7,10-13,15H2,1-3H3,(H,34,41)/p+1. The Kier molecular flexibility index (Phi) is 7.33. The fourth-order valence-corrected chi connectivity index (χ4v) is 7.31. The summed E-state index contributed by atoms with van der Waals surface area (Å²) in [5.41, 5.74) is 3.34. The molecule has 2 aliphatic rings. The number of H-pyrrole nitrogens is 1. The molecule has 0 atom stereocenters. The zero-order valence-electron chi connectivity index (χ0n) is 25.2. The number of piperazine rings is 1. The van der Waals surface area contributed by atoms with Gasteiger partial charge in [-0.1, -0.05) is 18.9 Å². The summed E-state index contributed by atoms with van der Waals surface area (Å²) in [6.07, 6.45) is 6.26. The molecule has 0 spiro atoms. The minimum absolute atomic E-state index is 0.0584. The van der Waals surface area contributed by atoms with Crippen molar-refractivity contribution in [1.29, 1.82) is 0 Å². The van der Waals surface area contributed by atoms with E-state index in [9.17, 15) is 14.4 Å². The summed E-state index contributed by atoms with van der Waals surface area (Å²) in [7, 11) is 5.68. The van der Waals surface area contributed by atoms with E-state index in [0.717, 1.165) is 62.9 Å². The molecule has 12 heteroatoms. The summed E-state index contributed by atoms with van der Waals surface area (Å²) in [4.78, 5) is 56.9. The Morgan fingerprint density at radius 3 is 2.66 bits per heavy atom. The predicted octanol–water partition coefficient (Wildman–Crippen LogP) is 2.70. The monoisotopic (exact) mass is 614 g/mol. The van der Waals surface area contributed by atoms with E-state index >= 15 is 0 Å². The van der Waals surface area contributed by atoms with Gasteiger partial charge in [-0.05, 0) is 25.0 Å². The number of likely N-dealkylation sites (N-methyl/N-ethyl adjacent to an activating group) is 1. The first-order chi connectivity index (χ1) is 21.3. The molecule has 0 bridgehead atoms. The van der Waals surface area contributed by atoms with E-state index in [4.69, 9.17) is 9.40 Å². The number of anilines is 1. The molecule has 0 aromatic carbocycles. The van der Waals surface area contributed by atoms with Crippen LogP contribution in [0, 0.1) is 0 Å². The molecule has 6 heterocycles. The van der Waals surface area contributed by atoms with Gasteiger partial charge in [0, 0.05) is 55.2 Å². The summed E-state index contributed by atoms with van der Waals surface area (Å²) in [5.74, 6) is 1.03. The number of aromatic nitrogens is 4. The zero-order valence-corrected chi connectivity index (χ0v) is 26.0. The van der Waals surface area contributed by atoms with E-state index < -0.39 is 0 Å². The minimum Gasteiger partial charge on any atom is -0.439 e. The molecule has 0 unspecified atom stereocenters. The molecule has 44 heavy (non-hydrogen) atoms. The second-order valence-corrected chi connectivity index (χ2v) is 13.1. The van der Waals surface area contributed by atoms with Crippen LogP contribution in [0.5, 0.6) is 0 Å². The maximum absolute atomic E-state index is 13.3. The van der Waals surface area contributed by atoms with Gasteiger partial charge in [0.15, 0.2) is 5.58 Å². The van der Waals surface area contributed by atoms with Crippen molar-refractivity contribution in [2.24, 2.45) is 0 Å². The average Bonchev–Trinajstić information content (AvgIpc) is 3.77. The van der Waals surface area contributed by atoms with Crippen LogP contribution in [0.4, 0.5) is 5.88 Å². The van der Waals surface area contributed by atoms with Crippen molar-refractivity contribution >= 4 is 44.4 Å². The lowest BCUT2D eigenvalue weighted by atomic mass is 10.1. The Bertz CT molecular complexity index is 1990. The lowest BCUT2D eigenvalue weighted by Gasteiger charge is -2.30. The molecule has 5 aromatic heterocycles. The Morgan fingerprint density at radius 2 is 1.93 bits per heavy atom. The van der Waals surface area contributed by atoms with Gasteiger partial charge in [0.25, 0.3) is 11.5 Å². The van der Waals surface area contributed by atoms with Crippen LogP contribution >= 0.6 is 11.3 Å². The van der Waals surface area contributed by atoms with Crippen molar-refractivity contribution < 1.29 is 14.1 Å². The molecule has 11 nitrogen and oxygen atoms in total. The lowest BCUT2D eigenvalue weighted by Crippen LogP contribution is -3.12. The molecule has 1 saturated carbocycles. The fraction of sp³-hybridized carbons (Fsp3) is 0.406. The van der Waals surface area contributed by atoms with Gasteiger partial charge in [-0.3, -0.25) is 14.4 Å². The number of quaternary nitrogens is 1. The van der Waals surface area contributed by atoms with Crippen molar-refractivity contribution in [2.45, 2.75) is 38.1 Å². The molecule has 228 valence electrons. The smallest absolute Gasteiger partial charge is 0.270 e. The summed E-state index contributed by atoms with van der Waals surface area (Å²) < 4.78 is 8.91. The fourth-order valence-electron chi connectivity index (χ4n) is 6.41. The highest BCUT2D eigenvalue weighted by atomic mass is 32.1. The molecule has 2 N–H and O–H groups in total. The van der Waals surface area contributed by atoms with Crippen LogP contribution in [-0.4, -0.2) is 77.6 Å². The summed E-state index contributed by atoms with van der Waals surface area (Å²) in [6.45, 7) is 3.59. The van der Waals surface area contributed by atoms with Gasteiger partial charge in [0.2, 0.25) is 11.3 Å². The number of carbonyl (C=O) groups is 1. The molecule has 7 rings (SSSR count). The summed E-state index contributed by atoms with van der Waals surface area (Å²) >= 11 is 1.32. The molecule has 1 amide bonds. The van der Waals surface area contributed by atoms with Crippen LogP contribution in [0.25, 0.3) is 32.6 Å². The number of aromatic amines is 1. The molecular weight excluding hydrogens is 578 g/mol. The van der Waals surface area contributed by atoms with Gasteiger partial charge in [-0.2, -0.15) is 0 Å². The number of pyridine rings is 1. The van der Waals surface area contributed by atoms with Crippen LogP contribution < -0.4 is 20.8 Å². The number of carbonyl (C=O) groups excluding carboxylic acids is 1. The summed E-state index contributed by atoms with van der Waals surface area (Å²) in [5, 5.41) is 2.68. The Balaban J connectivity index is 1.20. The number of nitrogens with one attached hydrogen (secondary N) is 2. The van der Waals surface area contributed by atoms with E-state index in [-0.39, 0.29) is 29.4 Å². The molecular formula is C32H36N7O4S+. The quantitative estimate of drug-likeness (QED) is 0.302. The molecule has 5 aromatic rings. The third-order valence-corrected chi connectivity index (χ3v) is 9.91. The third kappa shape index (κ3) is 5.11. The highest BCUT2D eigenvalue weighted by Crippen LogP contribution is 2.35. The highest BCUT2D eigenvalue weighted by molar-refractivity contribution is 7.17. The van der Waals surface area contributed by atoms with Crippen molar-refractivity contribution in [2.75, 3.05) is 52.2 Å². The Morgan fingerprint density at radius 1 is 1.16 bits per heavy atom. The normalized spacial score (nSPS) is 16.4. The largest absolute Gasteiger partial charge is 0.439 e. The first kappa shape index (κ1) is 28.5. The van der Waals surface area contributed by atoms with E-state index in [1.165, 1.54) is 16.2 Å². The van der Waals surface area contributed by atoms with Gasteiger partial charge in [0.05, 0.1) is 44.5 Å². The Hall–Kier alpha value is -4.29. The van der Waals surface area contributed by atoms with Crippen LogP contribution in [0.15, 0.2) is 49.8 Å². The number of nitrogens with zero attached hydrogens (tertiary/aromatic N) is 5. The summed E-state index contributed by atoms with van der Waals surface area (Å²) in [6, 6.07) is 7.30. The predicted molar refractivity (Wildman–Crippen MR) is 171 cm³/mol. The van der Waals surface area contributed by atoms with E-state index in [0.29, 0.717) is 44.5 Å². The van der Waals surface area contributed by atoms with Gasteiger partial charge < -0.3 is 28.7 Å². The SMILES string of the molecule is CN(C)C(=O)c1cc2cnc(Cc3ccc(-c4csc5c(=O)cc(N6CC[NH+](C)CC6)oc45)[nH]c3=O)nc2n1C1CCCC1. The van der Waals surface area contributed by atoms with E-state index in [2.05, 4.69) is 26.5 Å². The second-order valence-electron chi connectivity index (χ2n) is 12.2. The van der Waals surface area contributed by atoms with Crippen molar-refractivity contribution in [3.8, 4) is 11.3 Å². The molecule has 0 radical (unpaired) electrons.